The molecule has 0 spiro atoms. The van der Waals surface area contributed by atoms with E-state index in [0.29, 0.717) is 0 Å². The molecule has 27 heavy (non-hydrogen) atoms. The van der Waals surface area contributed by atoms with Crippen LogP contribution in [0.25, 0.3) is 10.8 Å². The van der Waals surface area contributed by atoms with Crippen molar-refractivity contribution in [2.75, 3.05) is 6.54 Å². The summed E-state index contributed by atoms with van der Waals surface area (Å²) in [6, 6.07) is 13.3. The van der Waals surface area contributed by atoms with Gasteiger partial charge < -0.3 is 0 Å². The second-order valence-electron chi connectivity index (χ2n) is 7.35. The number of benzene rings is 2. The van der Waals surface area contributed by atoms with Gasteiger partial charge in [0.05, 0.1) is 5.41 Å². The number of nitrogens with zero attached hydrogens (tertiary/aromatic N) is 1. The molecule has 0 N–H and O–H groups in total. The zero-order chi connectivity index (χ0) is 20.7. The number of unbranched alkanes of at least 4 members (excludes halogenated alkanes) is 1. The first-order valence-corrected chi connectivity index (χ1v) is 10.8. The number of fused-ring (bicyclic) bond motifs is 3. The van der Waals surface area contributed by atoms with E-state index in [1.165, 1.54) is 40.6 Å². The van der Waals surface area contributed by atoms with Crippen molar-refractivity contribution in [2.45, 2.75) is 46.0 Å². The molecule has 1 aliphatic rings. The van der Waals surface area contributed by atoms with Gasteiger partial charge in [0.15, 0.2) is 5.71 Å². The minimum absolute atomic E-state index is 0.129. The molecule has 3 rings (SSSR count). The van der Waals surface area contributed by atoms with Crippen LogP contribution in [-0.2, 0) is 5.41 Å². The van der Waals surface area contributed by atoms with Crippen LogP contribution in [-0.4, -0.2) is 16.8 Å². The summed E-state index contributed by atoms with van der Waals surface area (Å²) in [5.41, 5.74) is 4.53. The topological polar surface area (TPSA) is 3.01 Å². The fourth-order valence-electron chi connectivity index (χ4n) is 3.45. The van der Waals surface area contributed by atoms with Crippen molar-refractivity contribution in [2.24, 2.45) is 0 Å². The molecule has 0 fully saturated rings. The van der Waals surface area contributed by atoms with Gasteiger partial charge in [-0.05, 0) is 30.7 Å². The third kappa shape index (κ3) is 5.68. The van der Waals surface area contributed by atoms with E-state index in [4.69, 9.17) is 0 Å². The van der Waals surface area contributed by atoms with E-state index in [0.717, 1.165) is 6.54 Å². The summed E-state index contributed by atoms with van der Waals surface area (Å²) < 4.78 is 61.7. The SMILES string of the molecule is CCCC[N+]1=C(C)C(C)(C)c2c1ccc1ccccc21.F[P-](F)(F)(F)(F)F. The van der Waals surface area contributed by atoms with E-state index in [2.05, 4.69) is 68.7 Å². The van der Waals surface area contributed by atoms with Crippen LogP contribution in [0.5, 0.6) is 0 Å². The molecule has 0 amide bonds. The zero-order valence-electron chi connectivity index (χ0n) is 15.7. The Kier molecular flexibility index (Phi) is 4.97. The Morgan fingerprint density at radius 3 is 2.04 bits per heavy atom. The quantitative estimate of drug-likeness (QED) is 0.271. The molecule has 0 saturated carbocycles. The van der Waals surface area contributed by atoms with Crippen LogP contribution >= 0.6 is 7.81 Å². The first kappa shape index (κ1) is 21.7. The predicted molar refractivity (Wildman–Crippen MR) is 101 cm³/mol. The van der Waals surface area contributed by atoms with E-state index in [-0.39, 0.29) is 5.41 Å². The molecule has 152 valence electrons. The van der Waals surface area contributed by atoms with Crippen LogP contribution in [0, 0.1) is 0 Å². The Labute approximate surface area is 154 Å². The predicted octanol–water partition coefficient (Wildman–Crippen LogP) is 8.42. The van der Waals surface area contributed by atoms with Gasteiger partial charge in [-0.2, -0.15) is 4.58 Å². The van der Waals surface area contributed by atoms with Gasteiger partial charge in [-0.1, -0.05) is 37.6 Å². The molecular weight excluding hydrogens is 387 g/mol. The number of hydrogen-bond acceptors (Lipinski definition) is 0. The van der Waals surface area contributed by atoms with Crippen LogP contribution in [0.4, 0.5) is 30.9 Å². The molecule has 0 radical (unpaired) electrons. The second kappa shape index (κ2) is 6.20. The minimum atomic E-state index is -10.7. The van der Waals surface area contributed by atoms with Crippen LogP contribution in [0.3, 0.4) is 0 Å². The van der Waals surface area contributed by atoms with Gasteiger partial charge in [-0.25, -0.2) is 0 Å². The first-order valence-electron chi connectivity index (χ1n) is 8.72. The Morgan fingerprint density at radius 1 is 0.926 bits per heavy atom. The van der Waals surface area contributed by atoms with Gasteiger partial charge >= 0.3 is 33.0 Å². The molecule has 1 nitrogen and oxygen atoms in total. The Bertz CT molecular complexity index is 886. The Balaban J connectivity index is 0.000000321. The van der Waals surface area contributed by atoms with E-state index >= 15 is 0 Å². The maximum absolute atomic E-state index is 10.7. The Hall–Kier alpha value is -1.62. The molecule has 2 aromatic carbocycles. The van der Waals surface area contributed by atoms with E-state index in [1.807, 2.05) is 0 Å². The fourth-order valence-corrected chi connectivity index (χ4v) is 3.45. The van der Waals surface area contributed by atoms with Crippen molar-refractivity contribution in [3.8, 4) is 0 Å². The van der Waals surface area contributed by atoms with Crippen molar-refractivity contribution >= 4 is 30.0 Å². The molecular formula is C19H24F6NP. The van der Waals surface area contributed by atoms with Crippen LogP contribution in [0.15, 0.2) is 36.4 Å². The van der Waals surface area contributed by atoms with E-state index in [1.54, 1.807) is 0 Å². The fraction of sp³-hybridized carbons (Fsp3) is 0.421. The summed E-state index contributed by atoms with van der Waals surface area (Å²) in [7, 11) is -10.7. The average molecular weight is 411 g/mol. The third-order valence-corrected chi connectivity index (χ3v) is 4.87. The van der Waals surface area contributed by atoms with Crippen molar-refractivity contribution in [3.63, 3.8) is 0 Å². The summed E-state index contributed by atoms with van der Waals surface area (Å²) in [5, 5.41) is 2.76. The van der Waals surface area contributed by atoms with Gasteiger partial charge in [-0.3, -0.25) is 0 Å². The van der Waals surface area contributed by atoms with Gasteiger partial charge in [0.1, 0.15) is 6.54 Å². The van der Waals surface area contributed by atoms with Crippen molar-refractivity contribution in [3.05, 3.63) is 42.0 Å². The summed E-state index contributed by atoms with van der Waals surface area (Å²) >= 11 is 0. The molecule has 0 bridgehead atoms. The molecule has 0 saturated heterocycles. The maximum atomic E-state index is 9.87. The van der Waals surface area contributed by atoms with Crippen LogP contribution in [0.2, 0.25) is 0 Å². The monoisotopic (exact) mass is 411 g/mol. The van der Waals surface area contributed by atoms with E-state index in [9.17, 15) is 25.2 Å². The first-order chi connectivity index (χ1) is 12.0. The Morgan fingerprint density at radius 2 is 1.48 bits per heavy atom. The standard InChI is InChI=1S/C19H24N.F6P/c1-5-6-13-20-14(2)19(3,4)18-16-10-8-7-9-15(16)11-12-17(18)20;1-7(2,3,4,5)6/h7-12H,5-6,13H2,1-4H3;/q+1;-1. The summed E-state index contributed by atoms with van der Waals surface area (Å²) in [6.07, 6.45) is 2.49. The van der Waals surface area contributed by atoms with Crippen LogP contribution < -0.4 is 0 Å². The van der Waals surface area contributed by atoms with Crippen molar-refractivity contribution < 1.29 is 29.8 Å². The molecule has 1 heterocycles. The molecule has 1 aliphatic heterocycles. The molecule has 0 unspecified atom stereocenters. The average Bonchev–Trinajstić information content (AvgIpc) is 2.70. The van der Waals surface area contributed by atoms with Gasteiger partial charge in [0, 0.05) is 25.0 Å². The summed E-state index contributed by atoms with van der Waals surface area (Å²) in [6.45, 7) is 10.4. The molecule has 0 atom stereocenters. The number of rotatable bonds is 3. The molecule has 8 heteroatoms. The van der Waals surface area contributed by atoms with Crippen LogP contribution in [0.1, 0.15) is 46.1 Å². The molecule has 0 aliphatic carbocycles. The number of halogens is 6. The van der Waals surface area contributed by atoms with Crippen molar-refractivity contribution in [1.29, 1.82) is 0 Å². The second-order valence-corrected chi connectivity index (χ2v) is 9.27. The van der Waals surface area contributed by atoms with Crippen molar-refractivity contribution in [1.82, 2.24) is 0 Å². The van der Waals surface area contributed by atoms with Gasteiger partial charge in [0.25, 0.3) is 0 Å². The number of hydrogen-bond donors (Lipinski definition) is 0. The normalized spacial score (nSPS) is 18.4. The third-order valence-electron chi connectivity index (χ3n) is 4.87. The van der Waals surface area contributed by atoms with Gasteiger partial charge in [-0.15, -0.1) is 0 Å². The molecule has 0 aromatic heterocycles. The summed E-state index contributed by atoms with van der Waals surface area (Å²) in [4.78, 5) is 0. The van der Waals surface area contributed by atoms with Gasteiger partial charge in [0.2, 0.25) is 5.69 Å². The summed E-state index contributed by atoms with van der Waals surface area (Å²) in [5.74, 6) is 0. The molecule has 2 aromatic rings. The zero-order valence-corrected chi connectivity index (χ0v) is 16.6. The van der Waals surface area contributed by atoms with E-state index < -0.39 is 7.81 Å².